The largest absolute Gasteiger partial charge is 0.349 e. The molecule has 2 rings (SSSR count). The van der Waals surface area contributed by atoms with Crippen LogP contribution in [0.1, 0.15) is 5.56 Å². The van der Waals surface area contributed by atoms with Crippen molar-refractivity contribution in [2.75, 3.05) is 13.1 Å². The van der Waals surface area contributed by atoms with Crippen molar-refractivity contribution in [2.24, 2.45) is 5.10 Å². The van der Waals surface area contributed by atoms with Gasteiger partial charge >= 0.3 is 0 Å². The molecule has 94 valence electrons. The molecule has 7 nitrogen and oxygen atoms in total. The first kappa shape index (κ1) is 12.3. The van der Waals surface area contributed by atoms with Crippen LogP contribution in [-0.4, -0.2) is 34.0 Å². The summed E-state index contributed by atoms with van der Waals surface area (Å²) in [6.07, 6.45) is 1.56. The summed E-state index contributed by atoms with van der Waals surface area (Å²) in [5.74, 6) is 0.181. The molecular formula is C10H10ClN5O2. The number of hydrazone groups is 1. The van der Waals surface area contributed by atoms with Gasteiger partial charge in [0.25, 0.3) is 5.96 Å². The Labute approximate surface area is 108 Å². The lowest BCUT2D eigenvalue weighted by atomic mass is 10.2. The Bertz CT molecular complexity index is 514. The van der Waals surface area contributed by atoms with Crippen molar-refractivity contribution in [3.8, 4) is 0 Å². The third-order valence-electron chi connectivity index (χ3n) is 2.44. The van der Waals surface area contributed by atoms with E-state index < -0.39 is 5.03 Å². The van der Waals surface area contributed by atoms with E-state index in [4.69, 9.17) is 11.6 Å². The SMILES string of the molecule is C=C(c1ccc(Cl)nc1)N1CCN/C1=N\[N+](=O)[O-]. The van der Waals surface area contributed by atoms with Gasteiger partial charge in [-0.2, -0.15) is 0 Å². The third-order valence-corrected chi connectivity index (χ3v) is 2.66. The van der Waals surface area contributed by atoms with Gasteiger partial charge in [0.05, 0.1) is 0 Å². The zero-order valence-electron chi connectivity index (χ0n) is 9.34. The molecule has 1 N–H and O–H groups in total. The van der Waals surface area contributed by atoms with Crippen LogP contribution in [-0.2, 0) is 0 Å². The Kier molecular flexibility index (Phi) is 3.42. The minimum atomic E-state index is -0.742. The second kappa shape index (κ2) is 5.01. The van der Waals surface area contributed by atoms with Gasteiger partial charge in [-0.05, 0) is 12.1 Å². The van der Waals surface area contributed by atoms with Crippen molar-refractivity contribution >= 4 is 23.3 Å². The Morgan fingerprint density at radius 3 is 3.06 bits per heavy atom. The molecule has 0 atom stereocenters. The van der Waals surface area contributed by atoms with Gasteiger partial charge in [-0.3, -0.25) is 0 Å². The average Bonchev–Trinajstić information content (AvgIpc) is 2.76. The zero-order valence-corrected chi connectivity index (χ0v) is 10.1. The number of halogens is 1. The van der Waals surface area contributed by atoms with Gasteiger partial charge in [-0.1, -0.05) is 18.2 Å². The summed E-state index contributed by atoms with van der Waals surface area (Å²) in [7, 11) is 0. The topological polar surface area (TPSA) is 83.7 Å². The third kappa shape index (κ3) is 2.57. The molecule has 0 aromatic carbocycles. The molecule has 0 unspecified atom stereocenters. The highest BCUT2D eigenvalue weighted by Gasteiger charge is 2.24. The van der Waals surface area contributed by atoms with Crippen LogP contribution >= 0.6 is 11.6 Å². The number of aromatic nitrogens is 1. The maximum atomic E-state index is 10.4. The molecule has 0 radical (unpaired) electrons. The first-order valence-corrected chi connectivity index (χ1v) is 5.51. The van der Waals surface area contributed by atoms with Crippen molar-refractivity contribution in [2.45, 2.75) is 0 Å². The fourth-order valence-electron chi connectivity index (χ4n) is 1.61. The summed E-state index contributed by atoms with van der Waals surface area (Å²) in [6.45, 7) is 5.03. The summed E-state index contributed by atoms with van der Waals surface area (Å²) in [5.41, 5.74) is 1.32. The molecule has 1 saturated heterocycles. The Morgan fingerprint density at radius 2 is 2.44 bits per heavy atom. The second-order valence-corrected chi connectivity index (χ2v) is 3.94. The van der Waals surface area contributed by atoms with Gasteiger partial charge in [-0.15, -0.1) is 0 Å². The predicted molar refractivity (Wildman–Crippen MR) is 67.4 cm³/mol. The van der Waals surface area contributed by atoms with Crippen molar-refractivity contribution in [3.05, 3.63) is 45.7 Å². The number of hydrogen-bond donors (Lipinski definition) is 1. The Balaban J connectivity index is 2.23. The van der Waals surface area contributed by atoms with E-state index in [0.29, 0.717) is 23.9 Å². The maximum Gasteiger partial charge on any atom is 0.275 e. The number of nitrogens with zero attached hydrogens (tertiary/aromatic N) is 4. The highest BCUT2D eigenvalue weighted by atomic mass is 35.5. The molecule has 2 heterocycles. The van der Waals surface area contributed by atoms with E-state index in [-0.39, 0.29) is 5.96 Å². The van der Waals surface area contributed by atoms with Crippen molar-refractivity contribution in [3.63, 3.8) is 0 Å². The van der Waals surface area contributed by atoms with Gasteiger partial charge in [0, 0.05) is 30.5 Å². The fourth-order valence-corrected chi connectivity index (χ4v) is 1.72. The van der Waals surface area contributed by atoms with E-state index in [1.807, 2.05) is 0 Å². The Morgan fingerprint density at radius 1 is 1.67 bits per heavy atom. The Hall–Kier alpha value is -2.15. The molecule has 1 aliphatic heterocycles. The predicted octanol–water partition coefficient (Wildman–Crippen LogP) is 1.16. The molecule has 0 aliphatic carbocycles. The van der Waals surface area contributed by atoms with Crippen LogP contribution < -0.4 is 5.32 Å². The van der Waals surface area contributed by atoms with Gasteiger partial charge in [0.2, 0.25) is 0 Å². The van der Waals surface area contributed by atoms with Gasteiger partial charge in [0.15, 0.2) is 5.03 Å². The molecule has 1 aromatic heterocycles. The standard InChI is InChI=1S/C10H10ClN5O2/c1-7(8-2-3-9(11)13-6-8)15-5-4-12-10(15)14-16(17)18/h2-3,6H,1,4-5H2,(H,12,14). The van der Waals surface area contributed by atoms with Crippen molar-refractivity contribution < 1.29 is 5.03 Å². The van der Waals surface area contributed by atoms with E-state index in [0.717, 1.165) is 5.56 Å². The van der Waals surface area contributed by atoms with E-state index in [1.54, 1.807) is 23.2 Å². The molecule has 0 spiro atoms. The van der Waals surface area contributed by atoms with Crippen LogP contribution in [0.15, 0.2) is 30.0 Å². The lowest BCUT2D eigenvalue weighted by molar-refractivity contribution is -0.485. The molecule has 8 heteroatoms. The molecule has 18 heavy (non-hydrogen) atoms. The van der Waals surface area contributed by atoms with Gasteiger partial charge < -0.3 is 10.2 Å². The number of nitrogens with one attached hydrogen (secondary N) is 1. The van der Waals surface area contributed by atoms with Crippen LogP contribution in [0.2, 0.25) is 5.15 Å². The van der Waals surface area contributed by atoms with Crippen LogP contribution in [0, 0.1) is 10.1 Å². The summed E-state index contributed by atoms with van der Waals surface area (Å²) in [6, 6.07) is 3.38. The highest BCUT2D eigenvalue weighted by molar-refractivity contribution is 6.29. The minimum Gasteiger partial charge on any atom is -0.349 e. The quantitative estimate of drug-likeness (QED) is 0.505. The number of nitro groups is 1. The number of rotatable bonds is 3. The van der Waals surface area contributed by atoms with E-state index in [9.17, 15) is 10.1 Å². The van der Waals surface area contributed by atoms with Gasteiger partial charge in [-0.25, -0.2) is 15.1 Å². The summed E-state index contributed by atoms with van der Waals surface area (Å²) >= 11 is 5.69. The minimum absolute atomic E-state index is 0.181. The van der Waals surface area contributed by atoms with Crippen LogP contribution in [0.3, 0.4) is 0 Å². The van der Waals surface area contributed by atoms with E-state index >= 15 is 0 Å². The molecule has 0 amide bonds. The highest BCUT2D eigenvalue weighted by Crippen LogP contribution is 2.19. The lowest BCUT2D eigenvalue weighted by Gasteiger charge is -2.18. The fraction of sp³-hybridized carbons (Fsp3) is 0.200. The van der Waals surface area contributed by atoms with Gasteiger partial charge in [0.1, 0.15) is 10.3 Å². The first-order valence-electron chi connectivity index (χ1n) is 5.13. The van der Waals surface area contributed by atoms with Crippen molar-refractivity contribution in [1.82, 2.24) is 15.2 Å². The second-order valence-electron chi connectivity index (χ2n) is 3.56. The first-order chi connectivity index (χ1) is 8.58. The molecule has 0 bridgehead atoms. The molecule has 1 fully saturated rings. The summed E-state index contributed by atoms with van der Waals surface area (Å²) in [4.78, 5) is 16.0. The van der Waals surface area contributed by atoms with E-state index in [1.165, 1.54) is 0 Å². The lowest BCUT2D eigenvalue weighted by Crippen LogP contribution is -2.29. The summed E-state index contributed by atoms with van der Waals surface area (Å²) < 4.78 is 0. The summed E-state index contributed by atoms with van der Waals surface area (Å²) in [5, 5.41) is 16.1. The number of hydrogen-bond acceptors (Lipinski definition) is 3. The zero-order chi connectivity index (χ0) is 13.1. The molecule has 1 aliphatic rings. The van der Waals surface area contributed by atoms with Crippen LogP contribution in [0.4, 0.5) is 0 Å². The molecule has 1 aromatic rings. The average molecular weight is 268 g/mol. The maximum absolute atomic E-state index is 10.4. The molecule has 0 saturated carbocycles. The smallest absolute Gasteiger partial charge is 0.275 e. The van der Waals surface area contributed by atoms with Crippen LogP contribution in [0.25, 0.3) is 5.70 Å². The van der Waals surface area contributed by atoms with Crippen molar-refractivity contribution in [1.29, 1.82) is 0 Å². The van der Waals surface area contributed by atoms with Crippen LogP contribution in [0.5, 0.6) is 0 Å². The monoisotopic (exact) mass is 267 g/mol. The number of guanidine groups is 1. The normalized spacial score (nSPS) is 16.7. The van der Waals surface area contributed by atoms with E-state index in [2.05, 4.69) is 22.0 Å². The molecular weight excluding hydrogens is 258 g/mol. The number of pyridine rings is 1.